The molecular formula is C40H39N3S. The topological polar surface area (TPSA) is 39.1 Å². The molecule has 1 aliphatic heterocycles. The smallest absolute Gasteiger partial charge is 0.0882 e. The number of nitrogens with zero attached hydrogens (tertiary/aromatic N) is 1. The van der Waals surface area contributed by atoms with E-state index >= 15 is 0 Å². The van der Waals surface area contributed by atoms with E-state index in [9.17, 15) is 0 Å². The van der Waals surface area contributed by atoms with Crippen LogP contribution in [0, 0.1) is 11.3 Å². The van der Waals surface area contributed by atoms with Gasteiger partial charge in [0.15, 0.2) is 0 Å². The van der Waals surface area contributed by atoms with Crippen LogP contribution in [0.1, 0.15) is 58.0 Å². The summed E-state index contributed by atoms with van der Waals surface area (Å²) in [4.78, 5) is 5.30. The zero-order valence-corrected chi connectivity index (χ0v) is 25.9. The van der Waals surface area contributed by atoms with Crippen molar-refractivity contribution in [1.29, 1.82) is 5.41 Å². The van der Waals surface area contributed by atoms with Crippen molar-refractivity contribution >= 4 is 34.9 Å². The van der Waals surface area contributed by atoms with Gasteiger partial charge in [-0.2, -0.15) is 0 Å². The van der Waals surface area contributed by atoms with E-state index in [0.29, 0.717) is 18.3 Å². The summed E-state index contributed by atoms with van der Waals surface area (Å²) in [7, 11) is 0. The molecule has 0 spiro atoms. The molecule has 3 aromatic rings. The number of para-hydroxylation sites is 1. The maximum absolute atomic E-state index is 8.97. The van der Waals surface area contributed by atoms with Gasteiger partial charge in [0.2, 0.25) is 0 Å². The van der Waals surface area contributed by atoms with E-state index in [1.54, 1.807) is 0 Å². The third-order valence-electron chi connectivity index (χ3n) is 9.15. The van der Waals surface area contributed by atoms with E-state index in [1.165, 1.54) is 32.2 Å². The number of fused-ring (bicyclic) bond motifs is 5. The first-order valence-corrected chi connectivity index (χ1v) is 16.6. The molecule has 3 unspecified atom stereocenters. The molecule has 44 heavy (non-hydrogen) atoms. The third kappa shape index (κ3) is 5.75. The molecule has 4 aliphatic rings. The van der Waals surface area contributed by atoms with Gasteiger partial charge in [0.05, 0.1) is 12.7 Å². The third-order valence-corrected chi connectivity index (χ3v) is 10.3. The fourth-order valence-corrected chi connectivity index (χ4v) is 8.06. The molecule has 1 aromatic heterocycles. The normalized spacial score (nSPS) is 21.5. The molecule has 7 rings (SSSR count). The summed E-state index contributed by atoms with van der Waals surface area (Å²) >= 11 is 1.93. The fraction of sp³-hybridized carbons (Fsp3) is 0.225. The lowest BCUT2D eigenvalue weighted by Gasteiger charge is -2.30. The Hall–Kier alpha value is -4.41. The Morgan fingerprint density at radius 2 is 1.86 bits per heavy atom. The van der Waals surface area contributed by atoms with Crippen LogP contribution in [-0.4, -0.2) is 23.3 Å². The number of allylic oxidation sites excluding steroid dienone is 9. The monoisotopic (exact) mass is 593 g/mol. The first-order valence-electron chi connectivity index (χ1n) is 15.8. The van der Waals surface area contributed by atoms with Crippen molar-refractivity contribution in [1.82, 2.24) is 4.90 Å². The van der Waals surface area contributed by atoms with Crippen LogP contribution in [0.5, 0.6) is 0 Å². The van der Waals surface area contributed by atoms with Gasteiger partial charge in [-0.05, 0) is 67.0 Å². The molecule has 3 nitrogen and oxygen atoms in total. The number of hydrogen-bond donors (Lipinski definition) is 2. The predicted octanol–water partition coefficient (Wildman–Crippen LogP) is 9.92. The van der Waals surface area contributed by atoms with Crippen molar-refractivity contribution in [3.05, 3.63) is 159 Å². The summed E-state index contributed by atoms with van der Waals surface area (Å²) in [5, 5.41) is 12.7. The highest BCUT2D eigenvalue weighted by atomic mass is 32.1. The lowest BCUT2D eigenvalue weighted by Crippen LogP contribution is -2.35. The van der Waals surface area contributed by atoms with E-state index in [4.69, 9.17) is 5.41 Å². The Balaban J connectivity index is 1.08. The van der Waals surface area contributed by atoms with Crippen molar-refractivity contribution in [3.63, 3.8) is 0 Å². The predicted molar refractivity (Wildman–Crippen MR) is 188 cm³/mol. The van der Waals surface area contributed by atoms with Gasteiger partial charge in [0.1, 0.15) is 0 Å². The Morgan fingerprint density at radius 1 is 1.02 bits per heavy atom. The Kier molecular flexibility index (Phi) is 8.17. The van der Waals surface area contributed by atoms with Crippen LogP contribution >= 0.6 is 11.3 Å². The molecule has 4 heteroatoms. The Morgan fingerprint density at radius 3 is 2.73 bits per heavy atom. The zero-order chi connectivity index (χ0) is 29.9. The summed E-state index contributed by atoms with van der Waals surface area (Å²) in [5.41, 5.74) is 9.40. The van der Waals surface area contributed by atoms with Gasteiger partial charge in [-0.3, -0.25) is 0 Å². The second-order valence-electron chi connectivity index (χ2n) is 12.0. The lowest BCUT2D eigenvalue weighted by atomic mass is 9.85. The highest BCUT2D eigenvalue weighted by molar-refractivity contribution is 7.13. The van der Waals surface area contributed by atoms with Crippen LogP contribution in [0.3, 0.4) is 0 Å². The van der Waals surface area contributed by atoms with Crippen molar-refractivity contribution in [3.8, 4) is 0 Å². The van der Waals surface area contributed by atoms with Crippen molar-refractivity contribution in [2.24, 2.45) is 5.92 Å². The van der Waals surface area contributed by atoms with Crippen LogP contribution in [0.4, 0.5) is 5.69 Å². The summed E-state index contributed by atoms with van der Waals surface area (Å²) < 4.78 is 0. The van der Waals surface area contributed by atoms with Crippen LogP contribution in [0.25, 0.3) is 12.2 Å². The largest absolute Gasteiger partial charge is 0.367 e. The number of rotatable bonds is 10. The molecule has 0 bridgehead atoms. The molecule has 3 aliphatic carbocycles. The minimum absolute atomic E-state index is 0.123. The van der Waals surface area contributed by atoms with Gasteiger partial charge in [-0.1, -0.05) is 115 Å². The Bertz CT molecular complexity index is 1750. The second kappa shape index (κ2) is 12.7. The maximum atomic E-state index is 8.97. The van der Waals surface area contributed by atoms with Crippen LogP contribution in [0.2, 0.25) is 0 Å². The van der Waals surface area contributed by atoms with Crippen LogP contribution in [0.15, 0.2) is 133 Å². The number of likely N-dealkylation sites (tertiary alicyclic amines) is 1. The van der Waals surface area contributed by atoms with Gasteiger partial charge in [-0.25, -0.2) is 0 Å². The second-order valence-corrected chi connectivity index (χ2v) is 13.1. The molecule has 2 N–H and O–H groups in total. The molecule has 2 heterocycles. The van der Waals surface area contributed by atoms with E-state index in [1.807, 2.05) is 17.4 Å². The number of anilines is 1. The maximum Gasteiger partial charge on any atom is 0.0882 e. The SMILES string of the molecule is C=C(/C=C\c1cc2c(s1)C1C3=CCCC=C3N(CNc3ccccc3C(=N)C3C=CC=CC3)C1C=C2)CCc1ccccc1. The number of benzene rings is 2. The quantitative estimate of drug-likeness (QED) is 0.181. The molecular weight excluding hydrogens is 555 g/mol. The minimum atomic E-state index is 0.123. The summed E-state index contributed by atoms with van der Waals surface area (Å²) in [6.07, 6.45) is 27.6. The van der Waals surface area contributed by atoms with Gasteiger partial charge in [0, 0.05) is 44.2 Å². The highest BCUT2D eigenvalue weighted by Gasteiger charge is 2.44. The van der Waals surface area contributed by atoms with Gasteiger partial charge in [0.25, 0.3) is 0 Å². The average Bonchev–Trinajstić information content (AvgIpc) is 3.64. The number of hydrogen-bond acceptors (Lipinski definition) is 4. The van der Waals surface area contributed by atoms with Gasteiger partial charge in [-0.15, -0.1) is 11.3 Å². The molecule has 1 saturated heterocycles. The molecule has 3 atom stereocenters. The molecule has 0 amide bonds. The van der Waals surface area contributed by atoms with Crippen molar-refractivity contribution in [2.45, 2.75) is 44.1 Å². The highest BCUT2D eigenvalue weighted by Crippen LogP contribution is 2.52. The van der Waals surface area contributed by atoms with E-state index in [0.717, 1.165) is 48.9 Å². The van der Waals surface area contributed by atoms with Crippen LogP contribution < -0.4 is 5.32 Å². The lowest BCUT2D eigenvalue weighted by molar-refractivity contribution is 0.343. The van der Waals surface area contributed by atoms with E-state index in [2.05, 4.69) is 132 Å². The number of nitrogens with one attached hydrogen (secondary N) is 2. The van der Waals surface area contributed by atoms with Crippen molar-refractivity contribution < 1.29 is 0 Å². The molecule has 220 valence electrons. The fourth-order valence-electron chi connectivity index (χ4n) is 6.84. The summed E-state index contributed by atoms with van der Waals surface area (Å²) in [6.45, 7) is 5.03. The minimum Gasteiger partial charge on any atom is -0.367 e. The number of thiophene rings is 1. The summed E-state index contributed by atoms with van der Waals surface area (Å²) in [6, 6.07) is 21.6. The van der Waals surface area contributed by atoms with Gasteiger partial charge < -0.3 is 15.6 Å². The van der Waals surface area contributed by atoms with E-state index < -0.39 is 0 Å². The molecule has 0 saturated carbocycles. The molecule has 2 aromatic carbocycles. The first-order chi connectivity index (χ1) is 21.7. The molecule has 0 radical (unpaired) electrons. The molecule has 1 fully saturated rings. The standard InChI is InChI=1S/C40H39N3S/c1-28(20-22-29-12-4-2-5-13-29)21-24-32-26-31-23-25-37-38(40(31)44-32)34-17-9-11-19-36(34)43(37)27-42-35-18-10-8-16-33(35)39(41)30-14-6-3-7-15-30/h2-8,10,12-14,16-19,21,23-26,30,37-38,41-42H,1,9,11,15,20,22,27H2/b24-21-,41-39?. The van der Waals surface area contributed by atoms with Crippen molar-refractivity contribution in [2.75, 3.05) is 12.0 Å². The Labute approximate surface area is 265 Å². The summed E-state index contributed by atoms with van der Waals surface area (Å²) in [5.74, 6) is 0.474. The first kappa shape index (κ1) is 28.4. The van der Waals surface area contributed by atoms with E-state index in [-0.39, 0.29) is 12.0 Å². The average molecular weight is 594 g/mol. The zero-order valence-electron chi connectivity index (χ0n) is 25.1. The van der Waals surface area contributed by atoms with Gasteiger partial charge >= 0.3 is 0 Å². The number of aryl methyl sites for hydroxylation is 1. The van der Waals surface area contributed by atoms with Crippen LogP contribution in [-0.2, 0) is 6.42 Å².